The lowest BCUT2D eigenvalue weighted by Crippen LogP contribution is -2.13. The van der Waals surface area contributed by atoms with Crippen LogP contribution in [0.15, 0.2) is 54.6 Å². The zero-order valence-corrected chi connectivity index (χ0v) is 17.2. The van der Waals surface area contributed by atoms with E-state index in [-0.39, 0.29) is 5.82 Å². The molecule has 0 aromatic heterocycles. The van der Waals surface area contributed by atoms with E-state index in [4.69, 9.17) is 0 Å². The van der Waals surface area contributed by atoms with E-state index < -0.39 is 0 Å². The lowest BCUT2D eigenvalue weighted by Gasteiger charge is -2.28. The molecule has 3 aromatic carbocycles. The Balaban J connectivity index is 1.52. The second kappa shape index (κ2) is 8.47. The van der Waals surface area contributed by atoms with E-state index in [1.165, 1.54) is 49.7 Å². The molecule has 1 heteroatoms. The fourth-order valence-corrected chi connectivity index (χ4v) is 4.93. The van der Waals surface area contributed by atoms with Crippen LogP contribution in [-0.2, 0) is 6.42 Å². The van der Waals surface area contributed by atoms with E-state index in [0.717, 1.165) is 40.2 Å². The zero-order chi connectivity index (χ0) is 19.5. The SMILES string of the molecule is CCCC1CCC(c2ccc(-c3ccc4c(F)c(CC)ccc4c3)cc2)CC1. The molecular formula is C27H31F. The summed E-state index contributed by atoms with van der Waals surface area (Å²) in [4.78, 5) is 0. The normalized spacial score (nSPS) is 19.8. The van der Waals surface area contributed by atoms with Crippen LogP contribution in [0.5, 0.6) is 0 Å². The molecular weight excluding hydrogens is 343 g/mol. The molecule has 1 fully saturated rings. The third-order valence-electron chi connectivity index (χ3n) is 6.67. The summed E-state index contributed by atoms with van der Waals surface area (Å²) in [6.07, 6.45) is 8.88. The highest BCUT2D eigenvalue weighted by Gasteiger charge is 2.21. The van der Waals surface area contributed by atoms with Crippen molar-refractivity contribution in [2.75, 3.05) is 0 Å². The molecule has 1 aliphatic carbocycles. The van der Waals surface area contributed by atoms with Crippen LogP contribution in [0.1, 0.15) is 69.4 Å². The predicted octanol–water partition coefficient (Wildman–Crippen LogP) is 8.28. The number of hydrogen-bond acceptors (Lipinski definition) is 0. The summed E-state index contributed by atoms with van der Waals surface area (Å²) in [6, 6.07) is 19.2. The van der Waals surface area contributed by atoms with Gasteiger partial charge in [-0.1, -0.05) is 75.2 Å². The van der Waals surface area contributed by atoms with E-state index >= 15 is 0 Å². The molecule has 0 atom stereocenters. The Morgan fingerprint density at radius 1 is 0.821 bits per heavy atom. The standard InChI is InChI=1S/C27H31F/c1-3-5-19-6-8-21(9-7-19)22-11-13-23(14-12-22)24-16-17-26-25(18-24)15-10-20(4-2)27(26)28/h10-19,21H,3-9H2,1-2H3. The summed E-state index contributed by atoms with van der Waals surface area (Å²) >= 11 is 0. The minimum Gasteiger partial charge on any atom is -0.206 e. The fourth-order valence-electron chi connectivity index (χ4n) is 4.93. The van der Waals surface area contributed by atoms with Crippen molar-refractivity contribution in [2.45, 2.75) is 64.7 Å². The van der Waals surface area contributed by atoms with Crippen molar-refractivity contribution in [3.63, 3.8) is 0 Å². The Morgan fingerprint density at radius 3 is 2.21 bits per heavy atom. The van der Waals surface area contributed by atoms with Crippen LogP contribution < -0.4 is 0 Å². The van der Waals surface area contributed by atoms with Crippen LogP contribution in [0.3, 0.4) is 0 Å². The van der Waals surface area contributed by atoms with Gasteiger partial charge in [0, 0.05) is 5.39 Å². The van der Waals surface area contributed by atoms with Crippen LogP contribution in [0, 0.1) is 11.7 Å². The molecule has 0 nitrogen and oxygen atoms in total. The van der Waals surface area contributed by atoms with Crippen LogP contribution in [-0.4, -0.2) is 0 Å². The minimum absolute atomic E-state index is 0.0689. The Hall–Kier alpha value is -2.15. The lowest BCUT2D eigenvalue weighted by molar-refractivity contribution is 0.308. The van der Waals surface area contributed by atoms with Crippen molar-refractivity contribution in [2.24, 2.45) is 5.92 Å². The molecule has 0 aliphatic heterocycles. The van der Waals surface area contributed by atoms with Gasteiger partial charge in [0.15, 0.2) is 0 Å². The number of halogens is 1. The molecule has 28 heavy (non-hydrogen) atoms. The first-order chi connectivity index (χ1) is 13.7. The Kier molecular flexibility index (Phi) is 5.80. The Labute approximate surface area is 168 Å². The van der Waals surface area contributed by atoms with Gasteiger partial charge in [-0.3, -0.25) is 0 Å². The van der Waals surface area contributed by atoms with Gasteiger partial charge in [0.1, 0.15) is 5.82 Å². The predicted molar refractivity (Wildman–Crippen MR) is 118 cm³/mol. The highest BCUT2D eigenvalue weighted by Crippen LogP contribution is 2.38. The van der Waals surface area contributed by atoms with Gasteiger partial charge in [0.25, 0.3) is 0 Å². The molecule has 0 saturated heterocycles. The van der Waals surface area contributed by atoms with Crippen molar-refractivity contribution < 1.29 is 4.39 Å². The molecule has 4 rings (SSSR count). The van der Waals surface area contributed by atoms with E-state index in [1.54, 1.807) is 0 Å². The van der Waals surface area contributed by atoms with E-state index in [1.807, 2.05) is 25.1 Å². The average Bonchev–Trinajstić information content (AvgIpc) is 2.75. The number of fused-ring (bicyclic) bond motifs is 1. The summed E-state index contributed by atoms with van der Waals surface area (Å²) in [5.41, 5.74) is 4.65. The van der Waals surface area contributed by atoms with E-state index in [2.05, 4.69) is 43.3 Å². The van der Waals surface area contributed by atoms with Gasteiger partial charge in [-0.25, -0.2) is 4.39 Å². The third kappa shape index (κ3) is 3.85. The molecule has 146 valence electrons. The lowest BCUT2D eigenvalue weighted by atomic mass is 9.77. The van der Waals surface area contributed by atoms with Crippen molar-refractivity contribution in [3.8, 4) is 11.1 Å². The van der Waals surface area contributed by atoms with Gasteiger partial charge in [-0.05, 0) is 77.6 Å². The highest BCUT2D eigenvalue weighted by atomic mass is 19.1. The van der Waals surface area contributed by atoms with Gasteiger partial charge in [-0.2, -0.15) is 0 Å². The molecule has 0 radical (unpaired) electrons. The topological polar surface area (TPSA) is 0 Å². The van der Waals surface area contributed by atoms with Gasteiger partial charge < -0.3 is 0 Å². The van der Waals surface area contributed by atoms with Gasteiger partial charge >= 0.3 is 0 Å². The van der Waals surface area contributed by atoms with Crippen molar-refractivity contribution in [1.82, 2.24) is 0 Å². The van der Waals surface area contributed by atoms with Crippen LogP contribution in [0.2, 0.25) is 0 Å². The molecule has 0 bridgehead atoms. The quantitative estimate of drug-likeness (QED) is 0.421. The van der Waals surface area contributed by atoms with Crippen LogP contribution >= 0.6 is 0 Å². The summed E-state index contributed by atoms with van der Waals surface area (Å²) in [5.74, 6) is 1.60. The smallest absolute Gasteiger partial charge is 0.134 e. The van der Waals surface area contributed by atoms with Gasteiger partial charge in [0.2, 0.25) is 0 Å². The molecule has 3 aromatic rings. The maximum Gasteiger partial charge on any atom is 0.134 e. The monoisotopic (exact) mass is 374 g/mol. The Bertz CT molecular complexity index is 930. The molecule has 0 amide bonds. The van der Waals surface area contributed by atoms with E-state index in [0.29, 0.717) is 0 Å². The summed E-state index contributed by atoms with van der Waals surface area (Å²) in [6.45, 7) is 4.30. The van der Waals surface area contributed by atoms with Gasteiger partial charge in [-0.15, -0.1) is 0 Å². The number of hydrogen-bond donors (Lipinski definition) is 0. The average molecular weight is 375 g/mol. The maximum absolute atomic E-state index is 14.5. The first-order valence-electron chi connectivity index (χ1n) is 11.0. The van der Waals surface area contributed by atoms with Crippen molar-refractivity contribution in [1.29, 1.82) is 0 Å². The molecule has 0 heterocycles. The second-order valence-corrected chi connectivity index (χ2v) is 8.46. The van der Waals surface area contributed by atoms with Crippen LogP contribution in [0.4, 0.5) is 4.39 Å². The molecule has 0 spiro atoms. The Morgan fingerprint density at radius 2 is 1.54 bits per heavy atom. The van der Waals surface area contributed by atoms with Crippen LogP contribution in [0.25, 0.3) is 21.9 Å². The largest absolute Gasteiger partial charge is 0.206 e. The highest BCUT2D eigenvalue weighted by molar-refractivity contribution is 5.88. The van der Waals surface area contributed by atoms with Crippen molar-refractivity contribution >= 4 is 10.8 Å². The number of aryl methyl sites for hydroxylation is 1. The maximum atomic E-state index is 14.5. The summed E-state index contributed by atoms with van der Waals surface area (Å²) in [7, 11) is 0. The van der Waals surface area contributed by atoms with E-state index in [9.17, 15) is 4.39 Å². The molecule has 0 unspecified atom stereocenters. The third-order valence-corrected chi connectivity index (χ3v) is 6.67. The van der Waals surface area contributed by atoms with Gasteiger partial charge in [0.05, 0.1) is 0 Å². The first-order valence-corrected chi connectivity index (χ1v) is 11.0. The molecule has 0 N–H and O–H groups in total. The fraction of sp³-hybridized carbons (Fsp3) is 0.407. The number of benzene rings is 3. The molecule has 1 aliphatic rings. The minimum atomic E-state index is -0.0689. The molecule has 1 saturated carbocycles. The first kappa shape index (κ1) is 19.2. The summed E-state index contributed by atoms with van der Waals surface area (Å²) in [5, 5.41) is 1.70. The second-order valence-electron chi connectivity index (χ2n) is 8.46. The van der Waals surface area contributed by atoms with Crippen molar-refractivity contribution in [3.05, 3.63) is 71.5 Å². The number of rotatable bonds is 5. The zero-order valence-electron chi connectivity index (χ0n) is 17.2. The summed E-state index contributed by atoms with van der Waals surface area (Å²) < 4.78 is 14.5.